The van der Waals surface area contributed by atoms with Gasteiger partial charge >= 0.3 is 0 Å². The molecule has 1 aromatic rings. The first kappa shape index (κ1) is 9.12. The van der Waals surface area contributed by atoms with Crippen molar-refractivity contribution in [2.75, 3.05) is 0 Å². The van der Waals surface area contributed by atoms with Gasteiger partial charge < -0.3 is 10.3 Å². The largest absolute Gasteiger partial charge is 0.361 e. The number of hydrogen-bond donors (Lipinski definition) is 1. The highest BCUT2D eigenvalue weighted by atomic mass is 19.3. The molecule has 0 spiro atoms. The number of halogens is 2. The number of nitrogens with two attached hydrogens (primary N) is 1. The van der Waals surface area contributed by atoms with Crippen molar-refractivity contribution in [2.24, 2.45) is 5.73 Å². The van der Waals surface area contributed by atoms with Gasteiger partial charge in [0.25, 0.3) is 6.43 Å². The fourth-order valence-corrected chi connectivity index (χ4v) is 1.09. The van der Waals surface area contributed by atoms with Crippen molar-refractivity contribution >= 4 is 0 Å². The van der Waals surface area contributed by atoms with Crippen molar-refractivity contribution in [2.45, 2.75) is 26.3 Å². The number of nitrogens with zero attached hydrogens (tertiary/aromatic N) is 1. The molecule has 2 N–H and O–H groups in total. The summed E-state index contributed by atoms with van der Waals surface area (Å²) in [5, 5.41) is 3.53. The van der Waals surface area contributed by atoms with Gasteiger partial charge in [-0.25, -0.2) is 8.78 Å². The third-order valence-electron chi connectivity index (χ3n) is 1.69. The van der Waals surface area contributed by atoms with Crippen LogP contribution in [-0.2, 0) is 0 Å². The fourth-order valence-electron chi connectivity index (χ4n) is 1.09. The minimum atomic E-state index is -2.58. The Morgan fingerprint density at radius 2 is 2.00 bits per heavy atom. The molecule has 12 heavy (non-hydrogen) atoms. The number of aryl methyl sites for hydroxylation is 2. The molecule has 1 aromatic heterocycles. The zero-order valence-electron chi connectivity index (χ0n) is 6.84. The van der Waals surface area contributed by atoms with Gasteiger partial charge in [0, 0.05) is 5.56 Å². The lowest BCUT2D eigenvalue weighted by atomic mass is 10.1. The molecule has 0 fully saturated rings. The van der Waals surface area contributed by atoms with E-state index in [1.165, 1.54) is 0 Å². The highest BCUT2D eigenvalue weighted by molar-refractivity contribution is 5.25. The van der Waals surface area contributed by atoms with Crippen molar-refractivity contribution in [3.63, 3.8) is 0 Å². The van der Waals surface area contributed by atoms with Crippen LogP contribution in [0.5, 0.6) is 0 Å². The summed E-state index contributed by atoms with van der Waals surface area (Å²) < 4.78 is 29.0. The number of alkyl halides is 2. The van der Waals surface area contributed by atoms with E-state index in [1.807, 2.05) is 0 Å². The molecule has 1 rings (SSSR count). The standard InChI is InChI=1S/C7H10F2N2O/c1-3-5(4(2)12-11-3)6(10)7(8)9/h6-7H,10H2,1-2H3. The highest BCUT2D eigenvalue weighted by Crippen LogP contribution is 2.23. The van der Waals surface area contributed by atoms with Crippen molar-refractivity contribution in [1.29, 1.82) is 0 Å². The summed E-state index contributed by atoms with van der Waals surface area (Å²) in [4.78, 5) is 0. The first-order valence-corrected chi connectivity index (χ1v) is 3.50. The molecule has 0 aliphatic carbocycles. The maximum atomic E-state index is 12.2. The van der Waals surface area contributed by atoms with Crippen LogP contribution >= 0.6 is 0 Å². The van der Waals surface area contributed by atoms with Gasteiger partial charge in [0.1, 0.15) is 5.76 Å². The third-order valence-corrected chi connectivity index (χ3v) is 1.69. The second kappa shape index (κ2) is 3.18. The Morgan fingerprint density at radius 1 is 1.42 bits per heavy atom. The molecule has 68 valence electrons. The van der Waals surface area contributed by atoms with Crippen LogP contribution in [0.15, 0.2) is 4.52 Å². The van der Waals surface area contributed by atoms with Gasteiger partial charge in [-0.3, -0.25) is 0 Å². The normalized spacial score (nSPS) is 13.8. The van der Waals surface area contributed by atoms with Crippen LogP contribution in [0.2, 0.25) is 0 Å². The van der Waals surface area contributed by atoms with Gasteiger partial charge in [0.05, 0.1) is 11.7 Å². The van der Waals surface area contributed by atoms with Crippen LogP contribution in [0.1, 0.15) is 23.1 Å². The smallest absolute Gasteiger partial charge is 0.257 e. The van der Waals surface area contributed by atoms with Gasteiger partial charge in [-0.15, -0.1) is 0 Å². The van der Waals surface area contributed by atoms with Gasteiger partial charge in [0.2, 0.25) is 0 Å². The SMILES string of the molecule is Cc1noc(C)c1C(N)C(F)F. The van der Waals surface area contributed by atoms with Crippen LogP contribution < -0.4 is 5.73 Å². The maximum Gasteiger partial charge on any atom is 0.257 e. The van der Waals surface area contributed by atoms with Crippen molar-refractivity contribution < 1.29 is 13.3 Å². The average Bonchev–Trinajstić information content (AvgIpc) is 2.30. The monoisotopic (exact) mass is 176 g/mol. The summed E-state index contributed by atoms with van der Waals surface area (Å²) in [6, 6.07) is -1.30. The molecule has 1 atom stereocenters. The Labute approximate surface area is 68.5 Å². The van der Waals surface area contributed by atoms with Crippen molar-refractivity contribution in [1.82, 2.24) is 5.16 Å². The molecular formula is C7H10F2N2O. The second-order valence-electron chi connectivity index (χ2n) is 2.60. The Kier molecular flexibility index (Phi) is 2.42. The van der Waals surface area contributed by atoms with E-state index in [0.29, 0.717) is 17.0 Å². The minimum Gasteiger partial charge on any atom is -0.361 e. The zero-order chi connectivity index (χ0) is 9.30. The first-order chi connectivity index (χ1) is 5.54. The predicted octanol–water partition coefficient (Wildman–Crippen LogP) is 1.56. The molecule has 0 aromatic carbocycles. The summed E-state index contributed by atoms with van der Waals surface area (Å²) in [5.74, 6) is 0.361. The summed E-state index contributed by atoms with van der Waals surface area (Å²) in [6.07, 6.45) is -2.58. The molecular weight excluding hydrogens is 166 g/mol. The highest BCUT2D eigenvalue weighted by Gasteiger charge is 2.24. The van der Waals surface area contributed by atoms with Crippen LogP contribution in [0.3, 0.4) is 0 Å². The maximum absolute atomic E-state index is 12.2. The minimum absolute atomic E-state index is 0.310. The van der Waals surface area contributed by atoms with Crippen LogP contribution in [0.25, 0.3) is 0 Å². The van der Waals surface area contributed by atoms with E-state index in [0.717, 1.165) is 0 Å². The molecule has 0 amide bonds. The molecule has 1 heterocycles. The lowest BCUT2D eigenvalue weighted by molar-refractivity contribution is 0.115. The lowest BCUT2D eigenvalue weighted by Gasteiger charge is -2.08. The van der Waals surface area contributed by atoms with E-state index >= 15 is 0 Å². The first-order valence-electron chi connectivity index (χ1n) is 3.50. The molecule has 0 bridgehead atoms. The van der Waals surface area contributed by atoms with Crippen molar-refractivity contribution in [3.05, 3.63) is 17.0 Å². The van der Waals surface area contributed by atoms with E-state index in [9.17, 15) is 8.78 Å². The average molecular weight is 176 g/mol. The van der Waals surface area contributed by atoms with E-state index in [4.69, 9.17) is 10.3 Å². The van der Waals surface area contributed by atoms with Crippen molar-refractivity contribution in [3.8, 4) is 0 Å². The van der Waals surface area contributed by atoms with Gasteiger partial charge in [-0.2, -0.15) is 0 Å². The molecule has 5 heteroatoms. The Hall–Kier alpha value is -0.970. The van der Waals surface area contributed by atoms with E-state index in [1.54, 1.807) is 13.8 Å². The molecule has 0 aliphatic heterocycles. The van der Waals surface area contributed by atoms with Crippen LogP contribution in [0.4, 0.5) is 8.78 Å². The summed E-state index contributed by atoms with van der Waals surface area (Å²) in [7, 11) is 0. The third kappa shape index (κ3) is 1.45. The topological polar surface area (TPSA) is 52.0 Å². The summed E-state index contributed by atoms with van der Waals surface area (Å²) >= 11 is 0. The van der Waals surface area contributed by atoms with E-state index in [2.05, 4.69) is 5.16 Å². The van der Waals surface area contributed by atoms with E-state index < -0.39 is 12.5 Å². The molecule has 0 saturated carbocycles. The Bertz CT molecular complexity index is 253. The van der Waals surface area contributed by atoms with Gasteiger partial charge in [-0.1, -0.05) is 5.16 Å². The summed E-state index contributed by atoms with van der Waals surface area (Å²) in [6.45, 7) is 3.16. The molecule has 0 aliphatic rings. The van der Waals surface area contributed by atoms with Gasteiger partial charge in [-0.05, 0) is 13.8 Å². The van der Waals surface area contributed by atoms with Crippen LogP contribution in [-0.4, -0.2) is 11.6 Å². The zero-order valence-corrected chi connectivity index (χ0v) is 6.84. The quantitative estimate of drug-likeness (QED) is 0.743. The van der Waals surface area contributed by atoms with E-state index in [-0.39, 0.29) is 0 Å². The Morgan fingerprint density at radius 3 is 2.33 bits per heavy atom. The molecule has 1 unspecified atom stereocenters. The molecule has 0 saturated heterocycles. The van der Waals surface area contributed by atoms with Gasteiger partial charge in [0.15, 0.2) is 0 Å². The summed E-state index contributed by atoms with van der Waals surface area (Å²) in [5.41, 5.74) is 5.97. The molecule has 3 nitrogen and oxygen atoms in total. The number of rotatable bonds is 2. The molecule has 0 radical (unpaired) electrons. The van der Waals surface area contributed by atoms with Crippen LogP contribution in [0, 0.1) is 13.8 Å². The lowest BCUT2D eigenvalue weighted by Crippen LogP contribution is -2.20. The number of hydrogen-bond acceptors (Lipinski definition) is 3. The second-order valence-corrected chi connectivity index (χ2v) is 2.60. The Balaban J connectivity index is 3.00. The fraction of sp³-hybridized carbons (Fsp3) is 0.571. The number of aromatic nitrogens is 1. The predicted molar refractivity (Wildman–Crippen MR) is 38.9 cm³/mol.